The number of para-hydroxylation sites is 1. The Hall–Kier alpha value is -3.01. The van der Waals surface area contributed by atoms with Crippen molar-refractivity contribution in [3.8, 4) is 11.8 Å². The highest BCUT2D eigenvalue weighted by Gasteiger charge is 2.20. The molecule has 0 bridgehead atoms. The predicted molar refractivity (Wildman–Crippen MR) is 113 cm³/mol. The number of nitrogens with zero attached hydrogens (tertiary/aromatic N) is 2. The smallest absolute Gasteiger partial charge is 0.162 e. The topological polar surface area (TPSA) is 73.7 Å². The van der Waals surface area contributed by atoms with Gasteiger partial charge in [0.2, 0.25) is 0 Å². The first kappa shape index (κ1) is 18.4. The molecule has 0 aliphatic carbocycles. The highest BCUT2D eigenvalue weighted by molar-refractivity contribution is 7.10. The number of ether oxygens (including phenoxy) is 1. The Bertz CT molecular complexity index is 1140. The number of aromatic amines is 1. The maximum Gasteiger partial charge on any atom is 0.162 e. The van der Waals surface area contributed by atoms with Crippen molar-refractivity contribution in [1.29, 1.82) is 5.26 Å². The lowest BCUT2D eigenvalue weighted by Gasteiger charge is -2.18. The second-order valence-corrected chi connectivity index (χ2v) is 7.42. The lowest BCUT2D eigenvalue weighted by molar-refractivity contribution is 0.414. The number of nitrogens with one attached hydrogen (secondary N) is 2. The largest absolute Gasteiger partial charge is 0.497 e. The van der Waals surface area contributed by atoms with Crippen LogP contribution in [0.1, 0.15) is 22.6 Å². The maximum atomic E-state index is 9.33. The van der Waals surface area contributed by atoms with Crippen molar-refractivity contribution in [3.05, 3.63) is 76.6 Å². The third-order valence-electron chi connectivity index (χ3n) is 4.74. The van der Waals surface area contributed by atoms with Gasteiger partial charge in [0.25, 0.3) is 0 Å². The summed E-state index contributed by atoms with van der Waals surface area (Å²) < 4.78 is 9.37. The SMILES string of the molecule is COc1ccc(C(CNc2snc(Cl)c2C#N)c2c[nH]c3ccccc23)cc1. The van der Waals surface area contributed by atoms with Gasteiger partial charge in [-0.15, -0.1) is 0 Å². The van der Waals surface area contributed by atoms with Crippen LogP contribution in [0.3, 0.4) is 0 Å². The molecule has 7 heteroatoms. The Morgan fingerprint density at radius 2 is 2.04 bits per heavy atom. The van der Waals surface area contributed by atoms with Gasteiger partial charge in [-0.25, -0.2) is 0 Å². The van der Waals surface area contributed by atoms with E-state index < -0.39 is 0 Å². The molecule has 0 saturated heterocycles. The molecule has 2 N–H and O–H groups in total. The van der Waals surface area contributed by atoms with Gasteiger partial charge in [-0.05, 0) is 40.9 Å². The van der Waals surface area contributed by atoms with Gasteiger partial charge in [-0.3, -0.25) is 0 Å². The van der Waals surface area contributed by atoms with Crippen LogP contribution < -0.4 is 10.1 Å². The first-order valence-electron chi connectivity index (χ1n) is 8.70. The van der Waals surface area contributed by atoms with Crippen molar-refractivity contribution in [2.24, 2.45) is 0 Å². The summed E-state index contributed by atoms with van der Waals surface area (Å²) in [6, 6.07) is 18.4. The van der Waals surface area contributed by atoms with Crippen molar-refractivity contribution in [1.82, 2.24) is 9.36 Å². The third kappa shape index (κ3) is 3.42. The van der Waals surface area contributed by atoms with Crippen LogP contribution in [0.25, 0.3) is 10.9 Å². The number of rotatable bonds is 6. The molecule has 0 aliphatic heterocycles. The van der Waals surface area contributed by atoms with Crippen LogP contribution in [-0.4, -0.2) is 23.0 Å². The summed E-state index contributed by atoms with van der Waals surface area (Å²) in [5.41, 5.74) is 3.81. The van der Waals surface area contributed by atoms with Gasteiger partial charge in [-0.1, -0.05) is 41.9 Å². The van der Waals surface area contributed by atoms with Gasteiger partial charge in [0, 0.05) is 29.6 Å². The number of aromatic nitrogens is 2. The summed E-state index contributed by atoms with van der Waals surface area (Å²) in [7, 11) is 1.66. The van der Waals surface area contributed by atoms with E-state index in [4.69, 9.17) is 16.3 Å². The lowest BCUT2D eigenvalue weighted by atomic mass is 9.91. The number of fused-ring (bicyclic) bond motifs is 1. The van der Waals surface area contributed by atoms with Crippen molar-refractivity contribution in [2.75, 3.05) is 19.0 Å². The van der Waals surface area contributed by atoms with E-state index in [9.17, 15) is 5.26 Å². The van der Waals surface area contributed by atoms with Crippen LogP contribution in [0.4, 0.5) is 5.00 Å². The van der Waals surface area contributed by atoms with E-state index in [1.54, 1.807) is 7.11 Å². The predicted octanol–water partition coefficient (Wildman–Crippen LogP) is 5.40. The molecule has 0 saturated carbocycles. The maximum absolute atomic E-state index is 9.33. The molecule has 1 atom stereocenters. The highest BCUT2D eigenvalue weighted by Crippen LogP contribution is 2.34. The summed E-state index contributed by atoms with van der Waals surface area (Å²) >= 11 is 7.21. The van der Waals surface area contributed by atoms with E-state index in [-0.39, 0.29) is 11.1 Å². The molecule has 5 nitrogen and oxygen atoms in total. The first-order chi connectivity index (χ1) is 13.7. The number of hydrogen-bond donors (Lipinski definition) is 2. The Kier molecular flexibility index (Phi) is 5.20. The van der Waals surface area contributed by atoms with Crippen LogP contribution in [0.5, 0.6) is 5.75 Å². The molecule has 2 aromatic heterocycles. The average Bonchev–Trinajstić information content (AvgIpc) is 3.32. The summed E-state index contributed by atoms with van der Waals surface area (Å²) in [5.74, 6) is 0.880. The van der Waals surface area contributed by atoms with Crippen LogP contribution >= 0.6 is 23.1 Å². The fraction of sp³-hybridized carbons (Fsp3) is 0.143. The molecule has 2 aromatic carbocycles. The van der Waals surface area contributed by atoms with Crippen LogP contribution in [0, 0.1) is 11.3 Å². The van der Waals surface area contributed by atoms with Crippen LogP contribution in [0.15, 0.2) is 54.7 Å². The van der Waals surface area contributed by atoms with Crippen molar-refractivity contribution in [2.45, 2.75) is 5.92 Å². The Balaban J connectivity index is 1.71. The van der Waals surface area contributed by atoms with Crippen molar-refractivity contribution < 1.29 is 4.74 Å². The Morgan fingerprint density at radius 3 is 2.79 bits per heavy atom. The second kappa shape index (κ2) is 7.93. The van der Waals surface area contributed by atoms with Crippen LogP contribution in [-0.2, 0) is 0 Å². The minimum Gasteiger partial charge on any atom is -0.497 e. The number of methoxy groups -OCH3 is 1. The molecule has 0 aliphatic rings. The quantitative estimate of drug-likeness (QED) is 0.447. The van der Waals surface area contributed by atoms with Gasteiger partial charge in [0.15, 0.2) is 5.15 Å². The molecular formula is C21H17ClN4OS. The monoisotopic (exact) mass is 408 g/mol. The average molecular weight is 409 g/mol. The fourth-order valence-electron chi connectivity index (χ4n) is 3.31. The van der Waals surface area contributed by atoms with Gasteiger partial charge in [0.1, 0.15) is 22.4 Å². The van der Waals surface area contributed by atoms with E-state index in [0.29, 0.717) is 17.1 Å². The molecule has 1 unspecified atom stereocenters. The zero-order valence-corrected chi connectivity index (χ0v) is 16.6. The van der Waals surface area contributed by atoms with E-state index in [1.807, 2.05) is 30.5 Å². The number of H-pyrrole nitrogens is 1. The van der Waals surface area contributed by atoms with Gasteiger partial charge >= 0.3 is 0 Å². The Labute approximate surface area is 171 Å². The number of hydrogen-bond acceptors (Lipinski definition) is 5. The van der Waals surface area contributed by atoms with E-state index in [0.717, 1.165) is 16.8 Å². The molecule has 0 radical (unpaired) electrons. The fourth-order valence-corrected chi connectivity index (χ4v) is 4.25. The zero-order chi connectivity index (χ0) is 19.5. The molecular weight excluding hydrogens is 392 g/mol. The summed E-state index contributed by atoms with van der Waals surface area (Å²) in [6.07, 6.45) is 2.05. The minimum atomic E-state index is 0.0643. The number of benzene rings is 2. The zero-order valence-electron chi connectivity index (χ0n) is 15.1. The number of nitriles is 1. The Morgan fingerprint density at radius 1 is 1.25 bits per heavy atom. The first-order valence-corrected chi connectivity index (χ1v) is 9.85. The number of anilines is 1. The molecule has 0 fully saturated rings. The van der Waals surface area contributed by atoms with Crippen molar-refractivity contribution >= 4 is 39.0 Å². The summed E-state index contributed by atoms with van der Waals surface area (Å²) in [5, 5.41) is 14.8. The lowest BCUT2D eigenvalue weighted by Crippen LogP contribution is -2.14. The normalized spacial score (nSPS) is 11.9. The standard InChI is InChI=1S/C21H17ClN4OS/c1-27-14-8-6-13(7-9-14)17(11-25-21-16(10-23)20(22)26-28-21)18-12-24-19-5-3-2-4-15(18)19/h2-9,12,17,24-25H,11H2,1H3. The van der Waals surface area contributed by atoms with E-state index in [1.165, 1.54) is 22.5 Å². The molecule has 140 valence electrons. The second-order valence-electron chi connectivity index (χ2n) is 6.29. The molecule has 0 spiro atoms. The van der Waals surface area contributed by atoms with Crippen LogP contribution in [0.2, 0.25) is 5.15 Å². The highest BCUT2D eigenvalue weighted by atomic mass is 35.5. The molecule has 0 amide bonds. The van der Waals surface area contributed by atoms with Gasteiger partial charge in [0.05, 0.1) is 7.11 Å². The molecule has 4 rings (SSSR count). The summed E-state index contributed by atoms with van der Waals surface area (Å²) in [4.78, 5) is 3.35. The molecule has 2 heterocycles. The van der Waals surface area contributed by atoms with Gasteiger partial charge < -0.3 is 15.0 Å². The molecule has 28 heavy (non-hydrogen) atoms. The van der Waals surface area contributed by atoms with Crippen molar-refractivity contribution in [3.63, 3.8) is 0 Å². The van der Waals surface area contributed by atoms with E-state index >= 15 is 0 Å². The summed E-state index contributed by atoms with van der Waals surface area (Å²) in [6.45, 7) is 0.599. The third-order valence-corrected chi connectivity index (χ3v) is 5.92. The molecule has 4 aromatic rings. The van der Waals surface area contributed by atoms with Gasteiger partial charge in [-0.2, -0.15) is 9.64 Å². The minimum absolute atomic E-state index is 0.0643. The number of halogens is 1. The van der Waals surface area contributed by atoms with E-state index in [2.05, 4.69) is 45.0 Å².